The Labute approximate surface area is 178 Å². The van der Waals surface area contributed by atoms with E-state index >= 15 is 0 Å². The van der Waals surface area contributed by atoms with Crippen LogP contribution in [-0.2, 0) is 13.1 Å². The summed E-state index contributed by atoms with van der Waals surface area (Å²) < 4.78 is 1.74. The molecule has 5 rings (SSSR count). The first-order chi connectivity index (χ1) is 15.2. The first kappa shape index (κ1) is 18.9. The zero-order valence-electron chi connectivity index (χ0n) is 16.9. The van der Waals surface area contributed by atoms with Crippen LogP contribution in [0.1, 0.15) is 17.1 Å². The monoisotopic (exact) mass is 411 g/mol. The second-order valence-electron chi connectivity index (χ2n) is 7.19. The van der Waals surface area contributed by atoms with Gasteiger partial charge in [-0.3, -0.25) is 9.97 Å². The quantitative estimate of drug-likeness (QED) is 0.392. The summed E-state index contributed by atoms with van der Waals surface area (Å²) in [6.45, 7) is 2.92. The lowest BCUT2D eigenvalue weighted by Gasteiger charge is -2.05. The van der Waals surface area contributed by atoms with E-state index < -0.39 is 0 Å². The number of hydrogen-bond donors (Lipinski definition) is 3. The van der Waals surface area contributed by atoms with Crippen molar-refractivity contribution in [2.24, 2.45) is 5.73 Å². The van der Waals surface area contributed by atoms with Gasteiger partial charge in [0, 0.05) is 36.4 Å². The maximum atomic E-state index is 5.72. The lowest BCUT2D eigenvalue weighted by Crippen LogP contribution is -2.03. The molecule has 5 aromatic heterocycles. The summed E-state index contributed by atoms with van der Waals surface area (Å²) in [7, 11) is 0. The predicted octanol–water partition coefficient (Wildman–Crippen LogP) is 2.96. The Morgan fingerprint density at radius 1 is 1.13 bits per heavy atom. The van der Waals surface area contributed by atoms with Gasteiger partial charge >= 0.3 is 0 Å². The van der Waals surface area contributed by atoms with Crippen molar-refractivity contribution in [2.75, 3.05) is 5.32 Å². The number of H-pyrrole nitrogens is 1. The number of aromatic nitrogens is 7. The molecule has 4 N–H and O–H groups in total. The highest BCUT2D eigenvalue weighted by atomic mass is 15.3. The lowest BCUT2D eigenvalue weighted by atomic mass is 10.1. The molecule has 154 valence electrons. The number of pyridine rings is 3. The smallest absolute Gasteiger partial charge is 0.155 e. The molecule has 0 radical (unpaired) electrons. The number of hydrogen-bond acceptors (Lipinski definition) is 7. The maximum absolute atomic E-state index is 5.72. The molecule has 0 amide bonds. The molecule has 0 saturated heterocycles. The Bertz CT molecular complexity index is 1350. The third-order valence-electron chi connectivity index (χ3n) is 4.94. The number of aromatic amines is 1. The van der Waals surface area contributed by atoms with Gasteiger partial charge in [-0.05, 0) is 42.8 Å². The molecular weight excluding hydrogens is 390 g/mol. The van der Waals surface area contributed by atoms with Gasteiger partial charge in [0.05, 0.1) is 23.6 Å². The van der Waals surface area contributed by atoms with E-state index in [1.54, 1.807) is 16.9 Å². The van der Waals surface area contributed by atoms with E-state index in [0.717, 1.165) is 51.1 Å². The molecule has 5 heterocycles. The summed E-state index contributed by atoms with van der Waals surface area (Å²) >= 11 is 0. The molecule has 0 aliphatic heterocycles. The zero-order valence-corrected chi connectivity index (χ0v) is 16.9. The fourth-order valence-corrected chi connectivity index (χ4v) is 3.42. The van der Waals surface area contributed by atoms with E-state index in [4.69, 9.17) is 10.7 Å². The molecule has 31 heavy (non-hydrogen) atoms. The van der Waals surface area contributed by atoms with E-state index in [9.17, 15) is 0 Å². The Morgan fingerprint density at radius 2 is 2.06 bits per heavy atom. The third-order valence-corrected chi connectivity index (χ3v) is 4.94. The van der Waals surface area contributed by atoms with E-state index in [-0.39, 0.29) is 0 Å². The number of rotatable bonds is 6. The molecule has 0 saturated carbocycles. The first-order valence-electron chi connectivity index (χ1n) is 9.90. The second-order valence-corrected chi connectivity index (χ2v) is 7.19. The molecule has 0 unspecified atom stereocenters. The summed E-state index contributed by atoms with van der Waals surface area (Å²) in [6, 6.07) is 11.8. The van der Waals surface area contributed by atoms with Gasteiger partial charge in [0.15, 0.2) is 5.65 Å². The van der Waals surface area contributed by atoms with Crippen molar-refractivity contribution < 1.29 is 0 Å². The largest absolute Gasteiger partial charge is 0.377 e. The van der Waals surface area contributed by atoms with Crippen LogP contribution in [0.3, 0.4) is 0 Å². The Hall–Kier alpha value is -4.11. The van der Waals surface area contributed by atoms with Crippen molar-refractivity contribution in [2.45, 2.75) is 20.0 Å². The van der Waals surface area contributed by atoms with Crippen LogP contribution >= 0.6 is 0 Å². The van der Waals surface area contributed by atoms with Gasteiger partial charge in [0.25, 0.3) is 0 Å². The SMILES string of the molecule is Cc1cccc(-c2nc(CNc3cncc(CN)c3)[nH]c2-c2ccc3ncnn3c2)n1. The molecule has 9 heteroatoms. The van der Waals surface area contributed by atoms with Crippen molar-refractivity contribution in [3.8, 4) is 22.6 Å². The van der Waals surface area contributed by atoms with Gasteiger partial charge in [-0.25, -0.2) is 14.5 Å². The van der Waals surface area contributed by atoms with Gasteiger partial charge in [-0.2, -0.15) is 5.10 Å². The summed E-state index contributed by atoms with van der Waals surface area (Å²) in [5.74, 6) is 0.783. The number of anilines is 1. The predicted molar refractivity (Wildman–Crippen MR) is 118 cm³/mol. The average molecular weight is 411 g/mol. The highest BCUT2D eigenvalue weighted by Gasteiger charge is 2.16. The molecule has 0 fully saturated rings. The van der Waals surface area contributed by atoms with Crippen LogP contribution in [0.5, 0.6) is 0 Å². The Morgan fingerprint density at radius 3 is 2.94 bits per heavy atom. The summed E-state index contributed by atoms with van der Waals surface area (Å²) in [4.78, 5) is 21.4. The molecule has 0 bridgehead atoms. The van der Waals surface area contributed by atoms with E-state index in [1.165, 1.54) is 6.33 Å². The van der Waals surface area contributed by atoms with Gasteiger partial charge in [-0.1, -0.05) is 6.07 Å². The molecule has 5 aromatic rings. The molecular formula is C22H21N9. The zero-order chi connectivity index (χ0) is 21.2. The molecule has 0 aliphatic rings. The number of nitrogens with zero attached hydrogens (tertiary/aromatic N) is 6. The third kappa shape index (κ3) is 3.86. The normalized spacial score (nSPS) is 11.2. The molecule has 9 nitrogen and oxygen atoms in total. The minimum Gasteiger partial charge on any atom is -0.377 e. The summed E-state index contributed by atoms with van der Waals surface area (Å²) in [6.07, 6.45) is 7.00. The average Bonchev–Trinajstić information content (AvgIpc) is 3.44. The number of nitrogens with one attached hydrogen (secondary N) is 2. The van der Waals surface area contributed by atoms with Crippen LogP contribution in [0.4, 0.5) is 5.69 Å². The molecule has 0 atom stereocenters. The number of imidazole rings is 1. The number of fused-ring (bicyclic) bond motifs is 1. The maximum Gasteiger partial charge on any atom is 0.155 e. The van der Waals surface area contributed by atoms with Crippen molar-refractivity contribution in [1.82, 2.24) is 34.5 Å². The van der Waals surface area contributed by atoms with Gasteiger partial charge in [0.2, 0.25) is 0 Å². The van der Waals surface area contributed by atoms with E-state index in [0.29, 0.717) is 13.1 Å². The second kappa shape index (κ2) is 7.96. The molecule has 0 spiro atoms. The highest BCUT2D eigenvalue weighted by Crippen LogP contribution is 2.29. The van der Waals surface area contributed by atoms with Crippen molar-refractivity contribution in [1.29, 1.82) is 0 Å². The van der Waals surface area contributed by atoms with Crippen molar-refractivity contribution >= 4 is 11.3 Å². The van der Waals surface area contributed by atoms with Gasteiger partial charge in [0.1, 0.15) is 17.8 Å². The Kier molecular flexibility index (Phi) is 4.85. The minimum absolute atomic E-state index is 0.446. The van der Waals surface area contributed by atoms with Crippen molar-refractivity contribution in [3.05, 3.63) is 78.4 Å². The van der Waals surface area contributed by atoms with Crippen LogP contribution in [0, 0.1) is 6.92 Å². The fraction of sp³-hybridized carbons (Fsp3) is 0.136. The van der Waals surface area contributed by atoms with Gasteiger partial charge < -0.3 is 16.0 Å². The highest BCUT2D eigenvalue weighted by molar-refractivity contribution is 5.77. The van der Waals surface area contributed by atoms with Crippen LogP contribution < -0.4 is 11.1 Å². The van der Waals surface area contributed by atoms with E-state index in [2.05, 4.69) is 30.4 Å². The van der Waals surface area contributed by atoms with E-state index in [1.807, 2.05) is 49.5 Å². The van der Waals surface area contributed by atoms with Gasteiger partial charge in [-0.15, -0.1) is 0 Å². The lowest BCUT2D eigenvalue weighted by molar-refractivity contribution is 0.960. The standard InChI is InChI=1S/C22H21N9/c1-14-3-2-4-18(28-14)22-21(16-5-6-20-26-13-27-31(20)12-16)29-19(30-22)11-25-17-7-15(8-23)9-24-10-17/h2-7,9-10,12-13,25H,8,11,23H2,1H3,(H,29,30). The molecule has 0 aliphatic carbocycles. The van der Waals surface area contributed by atoms with Crippen LogP contribution in [0.15, 0.2) is 61.3 Å². The van der Waals surface area contributed by atoms with Crippen LogP contribution in [0.25, 0.3) is 28.3 Å². The van der Waals surface area contributed by atoms with Crippen molar-refractivity contribution in [3.63, 3.8) is 0 Å². The summed E-state index contributed by atoms with van der Waals surface area (Å²) in [5.41, 5.74) is 12.7. The Balaban J connectivity index is 1.53. The number of nitrogens with two attached hydrogens (primary N) is 1. The fourth-order valence-electron chi connectivity index (χ4n) is 3.42. The topological polar surface area (TPSA) is 123 Å². The first-order valence-corrected chi connectivity index (χ1v) is 9.90. The van der Waals surface area contributed by atoms with Crippen LogP contribution in [-0.4, -0.2) is 34.5 Å². The number of aryl methyl sites for hydroxylation is 1. The van der Waals surface area contributed by atoms with Crippen LogP contribution in [0.2, 0.25) is 0 Å². The summed E-state index contributed by atoms with van der Waals surface area (Å²) in [5, 5.41) is 7.60. The minimum atomic E-state index is 0.446. The molecule has 0 aromatic carbocycles.